The average Bonchev–Trinajstić information content (AvgIpc) is 2.72. The second-order valence-corrected chi connectivity index (χ2v) is 8.40. The molecule has 1 aliphatic rings. The van der Waals surface area contributed by atoms with Crippen LogP contribution >= 0.6 is 23.4 Å². The second-order valence-electron chi connectivity index (χ2n) is 6.68. The molecule has 0 bridgehead atoms. The summed E-state index contributed by atoms with van der Waals surface area (Å²) in [5, 5.41) is 10.3. The van der Waals surface area contributed by atoms with Crippen molar-refractivity contribution in [2.45, 2.75) is 36.6 Å². The number of thioether (sulfide) groups is 1. The van der Waals surface area contributed by atoms with Crippen LogP contribution in [0.1, 0.15) is 25.3 Å². The smallest absolute Gasteiger partial charge is 0.345 e. The van der Waals surface area contributed by atoms with Gasteiger partial charge in [-0.05, 0) is 24.3 Å². The highest BCUT2D eigenvalue weighted by Gasteiger charge is 2.62. The van der Waals surface area contributed by atoms with Gasteiger partial charge in [0.25, 0.3) is 0 Å². The fourth-order valence-electron chi connectivity index (χ4n) is 3.14. The minimum atomic E-state index is -2.07. The monoisotopic (exact) mass is 469 g/mol. The molecule has 0 radical (unpaired) electrons. The molecule has 1 aromatic rings. The van der Waals surface area contributed by atoms with E-state index in [9.17, 15) is 24.3 Å². The highest BCUT2D eigenvalue weighted by Crippen LogP contribution is 2.44. The van der Waals surface area contributed by atoms with Crippen molar-refractivity contribution in [2.24, 2.45) is 5.92 Å². The predicted molar refractivity (Wildman–Crippen MR) is 115 cm³/mol. The number of carbonyl (C=O) groups excluding carboxylic acids is 3. The maximum atomic E-state index is 12.8. The predicted octanol–water partition coefficient (Wildman–Crippen LogP) is 2.80. The third kappa shape index (κ3) is 5.80. The number of halogens is 1. The Kier molecular flexibility index (Phi) is 8.94. The molecular weight excluding hydrogens is 446 g/mol. The van der Waals surface area contributed by atoms with Crippen molar-refractivity contribution >= 4 is 47.2 Å². The highest BCUT2D eigenvalue weighted by atomic mass is 35.5. The van der Waals surface area contributed by atoms with Gasteiger partial charge in [-0.3, -0.25) is 19.3 Å². The van der Waals surface area contributed by atoms with Crippen LogP contribution in [0.4, 0.5) is 0 Å². The van der Waals surface area contributed by atoms with Crippen LogP contribution in [-0.2, 0) is 35.1 Å². The minimum Gasteiger partial charge on any atom is -0.479 e. The Hall–Kier alpha value is -2.52. The summed E-state index contributed by atoms with van der Waals surface area (Å²) in [4.78, 5) is 47.6. The normalized spacial score (nSPS) is 19.7. The maximum Gasteiger partial charge on any atom is 0.345 e. The molecule has 10 heteroatoms. The van der Waals surface area contributed by atoms with Crippen molar-refractivity contribution in [3.63, 3.8) is 0 Å². The van der Waals surface area contributed by atoms with Gasteiger partial charge >= 0.3 is 17.9 Å². The number of benzene rings is 1. The summed E-state index contributed by atoms with van der Waals surface area (Å²) in [6.07, 6.45) is 0.181. The molecule has 1 amide bonds. The second kappa shape index (κ2) is 11.2. The summed E-state index contributed by atoms with van der Waals surface area (Å²) in [5.41, 5.74) is 0.625. The first-order chi connectivity index (χ1) is 14.8. The molecule has 1 fully saturated rings. The molecule has 168 valence electrons. The lowest BCUT2D eigenvalue weighted by Crippen LogP contribution is -2.71. The van der Waals surface area contributed by atoms with Gasteiger partial charge < -0.3 is 14.6 Å². The van der Waals surface area contributed by atoms with E-state index in [1.165, 1.54) is 5.41 Å². The molecule has 0 aromatic heterocycles. The van der Waals surface area contributed by atoms with Crippen molar-refractivity contribution in [3.8, 4) is 0 Å². The van der Waals surface area contributed by atoms with E-state index in [2.05, 4.69) is 6.58 Å². The SMILES string of the molecule is C=CS[C@@H]1[C@H](C(=O)OCCCC(=O)OCC)C(=O)N1C(Cl)(Cc1ccccc1)C(=O)O. The molecule has 0 saturated carbocycles. The number of alkyl halides is 1. The maximum absolute atomic E-state index is 12.8. The Morgan fingerprint density at radius 1 is 1.29 bits per heavy atom. The van der Waals surface area contributed by atoms with Crippen LogP contribution < -0.4 is 0 Å². The van der Waals surface area contributed by atoms with E-state index in [-0.39, 0.29) is 32.5 Å². The van der Waals surface area contributed by atoms with Gasteiger partial charge in [0.2, 0.25) is 10.9 Å². The molecule has 1 unspecified atom stereocenters. The van der Waals surface area contributed by atoms with Crippen LogP contribution in [0.3, 0.4) is 0 Å². The molecule has 1 aliphatic heterocycles. The third-order valence-electron chi connectivity index (χ3n) is 4.60. The summed E-state index contributed by atoms with van der Waals surface area (Å²) in [5.74, 6) is -4.54. The van der Waals surface area contributed by atoms with E-state index in [1.807, 2.05) is 0 Å². The van der Waals surface area contributed by atoms with Crippen LogP contribution in [-0.4, -0.2) is 57.4 Å². The van der Waals surface area contributed by atoms with Crippen LogP contribution in [0.2, 0.25) is 0 Å². The van der Waals surface area contributed by atoms with Crippen LogP contribution in [0.5, 0.6) is 0 Å². The number of likely N-dealkylation sites (tertiary alicyclic amines) is 1. The average molecular weight is 470 g/mol. The Bertz CT molecular complexity index is 834. The van der Waals surface area contributed by atoms with Gasteiger partial charge in [0.15, 0.2) is 5.92 Å². The number of rotatable bonds is 12. The molecule has 1 N–H and O–H groups in total. The topological polar surface area (TPSA) is 110 Å². The number of hydrogen-bond donors (Lipinski definition) is 1. The number of ether oxygens (including phenoxy) is 2. The number of amides is 1. The molecule has 1 aromatic carbocycles. The zero-order valence-corrected chi connectivity index (χ0v) is 18.6. The quantitative estimate of drug-likeness (QED) is 0.124. The minimum absolute atomic E-state index is 0.0676. The summed E-state index contributed by atoms with van der Waals surface area (Å²) < 4.78 is 9.92. The number of carboxylic acid groups (broad SMARTS) is 1. The van der Waals surface area contributed by atoms with E-state index >= 15 is 0 Å². The molecule has 1 saturated heterocycles. The lowest BCUT2D eigenvalue weighted by atomic mass is 9.92. The first-order valence-corrected chi connectivity index (χ1v) is 11.0. The third-order valence-corrected chi connectivity index (χ3v) is 6.03. The highest BCUT2D eigenvalue weighted by molar-refractivity contribution is 8.02. The van der Waals surface area contributed by atoms with Gasteiger partial charge in [0.1, 0.15) is 5.37 Å². The molecule has 0 aliphatic carbocycles. The molecular formula is C21H24ClNO7S. The zero-order valence-electron chi connectivity index (χ0n) is 17.0. The largest absolute Gasteiger partial charge is 0.479 e. The Labute approximate surface area is 189 Å². The number of carboxylic acids is 1. The summed E-state index contributed by atoms with van der Waals surface area (Å²) in [6, 6.07) is 8.65. The van der Waals surface area contributed by atoms with Gasteiger partial charge in [0, 0.05) is 12.8 Å². The van der Waals surface area contributed by atoms with Crippen molar-refractivity contribution in [3.05, 3.63) is 47.9 Å². The molecule has 31 heavy (non-hydrogen) atoms. The first-order valence-electron chi connectivity index (χ1n) is 9.64. The molecule has 1 heterocycles. The molecule has 3 atom stereocenters. The molecule has 8 nitrogen and oxygen atoms in total. The van der Waals surface area contributed by atoms with Gasteiger partial charge in [-0.25, -0.2) is 4.79 Å². The van der Waals surface area contributed by atoms with Crippen LogP contribution in [0, 0.1) is 5.92 Å². The standard InChI is InChI=1S/C21H24ClNO7S/c1-3-29-15(24)11-8-12-30-19(26)16-17(25)23(18(16)31-4-2)21(22,20(27)28)13-14-9-6-5-7-10-14/h4-7,9-10,16,18H,2-3,8,11-13H2,1H3,(H,27,28)/t16-,18-,21?/m1/s1. The Morgan fingerprint density at radius 3 is 2.55 bits per heavy atom. The van der Waals surface area contributed by atoms with E-state index in [4.69, 9.17) is 21.1 Å². The number of nitrogens with zero attached hydrogens (tertiary/aromatic N) is 1. The summed E-state index contributed by atoms with van der Waals surface area (Å²) in [6.45, 7) is 5.47. The fourth-order valence-corrected chi connectivity index (χ4v) is 4.53. The summed E-state index contributed by atoms with van der Waals surface area (Å²) in [7, 11) is 0. The Balaban J connectivity index is 2.09. The molecule has 2 rings (SSSR count). The van der Waals surface area contributed by atoms with Gasteiger partial charge in [-0.2, -0.15) is 0 Å². The fraction of sp³-hybridized carbons (Fsp3) is 0.429. The van der Waals surface area contributed by atoms with E-state index in [1.54, 1.807) is 37.3 Å². The number of β-lactam (4-membered cyclic amide) rings is 1. The number of aliphatic carboxylic acids is 1. The lowest BCUT2D eigenvalue weighted by Gasteiger charge is -2.50. The zero-order chi connectivity index (χ0) is 23.0. The number of esters is 2. The van der Waals surface area contributed by atoms with Gasteiger partial charge in [-0.1, -0.05) is 48.5 Å². The van der Waals surface area contributed by atoms with Gasteiger partial charge in [-0.15, -0.1) is 11.8 Å². The van der Waals surface area contributed by atoms with Crippen molar-refractivity contribution in [1.82, 2.24) is 4.90 Å². The van der Waals surface area contributed by atoms with E-state index in [0.717, 1.165) is 16.7 Å². The van der Waals surface area contributed by atoms with Gasteiger partial charge in [0.05, 0.1) is 13.2 Å². The first kappa shape index (κ1) is 24.7. The lowest BCUT2D eigenvalue weighted by molar-refractivity contribution is -0.178. The van der Waals surface area contributed by atoms with E-state index in [0.29, 0.717) is 5.56 Å². The van der Waals surface area contributed by atoms with Crippen molar-refractivity contribution < 1.29 is 33.8 Å². The van der Waals surface area contributed by atoms with Crippen molar-refractivity contribution in [2.75, 3.05) is 13.2 Å². The number of hydrogen-bond acceptors (Lipinski definition) is 7. The van der Waals surface area contributed by atoms with Crippen LogP contribution in [0.15, 0.2) is 42.3 Å². The Morgan fingerprint density at radius 2 is 1.97 bits per heavy atom. The number of carbonyl (C=O) groups is 4. The molecule has 0 spiro atoms. The van der Waals surface area contributed by atoms with E-state index < -0.39 is 40.1 Å². The van der Waals surface area contributed by atoms with Crippen molar-refractivity contribution in [1.29, 1.82) is 0 Å². The van der Waals surface area contributed by atoms with Crippen LogP contribution in [0.25, 0.3) is 0 Å². The summed E-state index contributed by atoms with van der Waals surface area (Å²) >= 11 is 7.47.